The molecule has 0 spiro atoms. The van der Waals surface area contributed by atoms with E-state index in [4.69, 9.17) is 0 Å². The lowest BCUT2D eigenvalue weighted by atomic mass is 10.0. The molecule has 1 nitrogen and oxygen atoms in total. The average molecular weight is 209 g/mol. The molecule has 0 saturated carbocycles. The highest BCUT2D eigenvalue weighted by molar-refractivity contribution is 4.85. The Morgan fingerprint density at radius 1 is 1.20 bits per heavy atom. The first-order valence-electron chi connectivity index (χ1n) is 6.08. The van der Waals surface area contributed by atoms with Crippen LogP contribution in [0, 0.1) is 11.8 Å². The van der Waals surface area contributed by atoms with Crippen molar-refractivity contribution in [2.75, 3.05) is 6.54 Å². The van der Waals surface area contributed by atoms with Crippen LogP contribution in [0.3, 0.4) is 0 Å². The van der Waals surface area contributed by atoms with Crippen LogP contribution in [0.1, 0.15) is 40.5 Å². The molecule has 1 N–H and O–H groups in total. The van der Waals surface area contributed by atoms with Gasteiger partial charge in [0.25, 0.3) is 0 Å². The van der Waals surface area contributed by atoms with Crippen LogP contribution in [0.15, 0.2) is 24.8 Å². The molecule has 1 unspecified atom stereocenters. The second-order valence-corrected chi connectivity index (χ2v) is 4.79. The zero-order valence-electron chi connectivity index (χ0n) is 10.8. The van der Waals surface area contributed by atoms with Gasteiger partial charge in [0.15, 0.2) is 0 Å². The van der Waals surface area contributed by atoms with Gasteiger partial charge in [-0.2, -0.15) is 0 Å². The van der Waals surface area contributed by atoms with Crippen LogP contribution in [-0.2, 0) is 0 Å². The van der Waals surface area contributed by atoms with Crippen LogP contribution in [0.5, 0.6) is 0 Å². The molecule has 0 bridgehead atoms. The monoisotopic (exact) mass is 209 g/mol. The topological polar surface area (TPSA) is 12.0 Å². The van der Waals surface area contributed by atoms with Gasteiger partial charge in [-0.05, 0) is 38.1 Å². The quantitative estimate of drug-likeness (QED) is 0.600. The van der Waals surface area contributed by atoms with Crippen molar-refractivity contribution in [2.45, 2.75) is 46.6 Å². The van der Waals surface area contributed by atoms with Gasteiger partial charge in [-0.1, -0.05) is 39.0 Å². The van der Waals surface area contributed by atoms with Crippen molar-refractivity contribution in [1.29, 1.82) is 0 Å². The Kier molecular flexibility index (Phi) is 8.40. The first kappa shape index (κ1) is 14.4. The maximum Gasteiger partial charge on any atom is 0.0219 e. The van der Waals surface area contributed by atoms with E-state index < -0.39 is 0 Å². The second kappa shape index (κ2) is 8.72. The van der Waals surface area contributed by atoms with Gasteiger partial charge in [-0.3, -0.25) is 0 Å². The maximum absolute atomic E-state index is 3.76. The molecule has 88 valence electrons. The Hall–Kier alpha value is -0.560. The van der Waals surface area contributed by atoms with Crippen LogP contribution >= 0.6 is 0 Å². The standard InChI is InChI=1S/C14H27N/c1-6-14(5)15-11-13(4)10-8-7-9-12(2)3/h6-7,9,12-15H,1,8,10-11H2,2-5H3/b9-7-/t13?,14-/m0/s1. The molecule has 0 heterocycles. The third-order valence-electron chi connectivity index (χ3n) is 2.49. The molecular weight excluding hydrogens is 182 g/mol. The molecule has 15 heavy (non-hydrogen) atoms. The molecule has 0 aliphatic rings. The minimum absolute atomic E-state index is 0.429. The number of nitrogens with one attached hydrogen (secondary N) is 1. The average Bonchev–Trinajstić information content (AvgIpc) is 2.20. The summed E-state index contributed by atoms with van der Waals surface area (Å²) in [6.07, 6.45) is 9.00. The molecule has 0 aromatic heterocycles. The minimum Gasteiger partial charge on any atom is -0.311 e. The van der Waals surface area contributed by atoms with Gasteiger partial charge in [-0.15, -0.1) is 6.58 Å². The van der Waals surface area contributed by atoms with E-state index >= 15 is 0 Å². The van der Waals surface area contributed by atoms with Gasteiger partial charge in [0.1, 0.15) is 0 Å². The van der Waals surface area contributed by atoms with Gasteiger partial charge in [0.2, 0.25) is 0 Å². The normalized spacial score (nSPS) is 15.8. The van der Waals surface area contributed by atoms with Gasteiger partial charge in [0, 0.05) is 6.04 Å². The molecule has 0 fully saturated rings. The molecule has 0 aliphatic carbocycles. The third kappa shape index (κ3) is 9.74. The van der Waals surface area contributed by atoms with Crippen LogP contribution in [0.4, 0.5) is 0 Å². The van der Waals surface area contributed by atoms with E-state index in [2.05, 4.69) is 51.7 Å². The summed E-state index contributed by atoms with van der Waals surface area (Å²) in [6, 6.07) is 0.429. The summed E-state index contributed by atoms with van der Waals surface area (Å²) < 4.78 is 0. The Labute approximate surface area is 95.7 Å². The van der Waals surface area contributed by atoms with E-state index in [1.54, 1.807) is 0 Å². The lowest BCUT2D eigenvalue weighted by Crippen LogP contribution is -2.28. The van der Waals surface area contributed by atoms with E-state index in [0.29, 0.717) is 12.0 Å². The molecule has 0 rings (SSSR count). The van der Waals surface area contributed by atoms with Crippen LogP contribution < -0.4 is 5.32 Å². The third-order valence-corrected chi connectivity index (χ3v) is 2.49. The Morgan fingerprint density at radius 2 is 1.87 bits per heavy atom. The largest absolute Gasteiger partial charge is 0.311 e. The highest BCUT2D eigenvalue weighted by atomic mass is 14.9. The fourth-order valence-corrected chi connectivity index (χ4v) is 1.32. The van der Waals surface area contributed by atoms with Crippen LogP contribution in [0.2, 0.25) is 0 Å². The van der Waals surface area contributed by atoms with Crippen molar-refractivity contribution in [1.82, 2.24) is 5.32 Å². The molecule has 0 aliphatic heterocycles. The molecule has 1 heteroatoms. The van der Waals surface area contributed by atoms with Crippen molar-refractivity contribution < 1.29 is 0 Å². The lowest BCUT2D eigenvalue weighted by Gasteiger charge is -2.14. The summed E-state index contributed by atoms with van der Waals surface area (Å²) in [7, 11) is 0. The van der Waals surface area contributed by atoms with E-state index in [1.807, 2.05) is 6.08 Å². The molecule has 0 radical (unpaired) electrons. The molecule has 0 saturated heterocycles. The van der Waals surface area contributed by atoms with E-state index in [9.17, 15) is 0 Å². The van der Waals surface area contributed by atoms with E-state index in [-0.39, 0.29) is 0 Å². The van der Waals surface area contributed by atoms with Gasteiger partial charge in [-0.25, -0.2) is 0 Å². The summed E-state index contributed by atoms with van der Waals surface area (Å²) in [5.41, 5.74) is 0. The highest BCUT2D eigenvalue weighted by Crippen LogP contribution is 2.06. The van der Waals surface area contributed by atoms with Crippen molar-refractivity contribution in [3.05, 3.63) is 24.8 Å². The number of rotatable bonds is 8. The molecular formula is C14H27N. The first-order chi connectivity index (χ1) is 7.06. The summed E-state index contributed by atoms with van der Waals surface area (Å²) in [4.78, 5) is 0. The Balaban J connectivity index is 3.48. The lowest BCUT2D eigenvalue weighted by molar-refractivity contribution is 0.470. The van der Waals surface area contributed by atoms with Gasteiger partial charge >= 0.3 is 0 Å². The smallest absolute Gasteiger partial charge is 0.0219 e. The van der Waals surface area contributed by atoms with Crippen molar-refractivity contribution in [3.63, 3.8) is 0 Å². The predicted molar refractivity (Wildman–Crippen MR) is 70.0 cm³/mol. The van der Waals surface area contributed by atoms with Crippen molar-refractivity contribution >= 4 is 0 Å². The van der Waals surface area contributed by atoms with E-state index in [0.717, 1.165) is 12.5 Å². The minimum atomic E-state index is 0.429. The van der Waals surface area contributed by atoms with Crippen molar-refractivity contribution in [2.24, 2.45) is 11.8 Å². The molecule has 0 amide bonds. The number of hydrogen-bond acceptors (Lipinski definition) is 1. The number of hydrogen-bond donors (Lipinski definition) is 1. The molecule has 2 atom stereocenters. The highest BCUT2D eigenvalue weighted by Gasteiger charge is 2.01. The fourth-order valence-electron chi connectivity index (χ4n) is 1.32. The zero-order valence-corrected chi connectivity index (χ0v) is 10.8. The molecule has 0 aromatic rings. The van der Waals surface area contributed by atoms with Crippen LogP contribution in [-0.4, -0.2) is 12.6 Å². The van der Waals surface area contributed by atoms with Gasteiger partial charge in [0.05, 0.1) is 0 Å². The molecule has 0 aromatic carbocycles. The second-order valence-electron chi connectivity index (χ2n) is 4.79. The van der Waals surface area contributed by atoms with Gasteiger partial charge < -0.3 is 5.32 Å². The summed E-state index contributed by atoms with van der Waals surface area (Å²) in [5, 5.41) is 3.44. The zero-order chi connectivity index (χ0) is 11.7. The summed E-state index contributed by atoms with van der Waals surface area (Å²) >= 11 is 0. The van der Waals surface area contributed by atoms with Crippen molar-refractivity contribution in [3.8, 4) is 0 Å². The SMILES string of the molecule is C=C[C@H](C)NCC(C)CC/C=C\C(C)C. The van der Waals surface area contributed by atoms with E-state index in [1.165, 1.54) is 12.8 Å². The fraction of sp³-hybridized carbons (Fsp3) is 0.714. The summed E-state index contributed by atoms with van der Waals surface area (Å²) in [5.74, 6) is 1.42. The maximum atomic E-state index is 3.76. The van der Waals surface area contributed by atoms with Crippen LogP contribution in [0.25, 0.3) is 0 Å². The Morgan fingerprint density at radius 3 is 2.40 bits per heavy atom. The number of allylic oxidation sites excluding steroid dienone is 2. The Bertz CT molecular complexity index is 182. The first-order valence-corrected chi connectivity index (χ1v) is 6.08. The predicted octanol–water partition coefficient (Wildman–Crippen LogP) is 3.78. The summed E-state index contributed by atoms with van der Waals surface area (Å²) in [6.45, 7) is 13.7.